The fourth-order valence-electron chi connectivity index (χ4n) is 2.78. The minimum atomic E-state index is 0.550. The smallest absolute Gasteiger partial charge is 0.0484 e. The number of benzene rings is 1. The zero-order valence-corrected chi connectivity index (χ0v) is 12.1. The second-order valence-electron chi connectivity index (χ2n) is 5.42. The van der Waals surface area contributed by atoms with Gasteiger partial charge in [0.1, 0.15) is 0 Å². The summed E-state index contributed by atoms with van der Waals surface area (Å²) >= 11 is 0. The van der Waals surface area contributed by atoms with Crippen LogP contribution in [0.25, 0.3) is 5.57 Å². The molecule has 1 aromatic carbocycles. The van der Waals surface area contributed by atoms with Crippen molar-refractivity contribution in [3.05, 3.63) is 49.2 Å². The Morgan fingerprint density at radius 2 is 1.95 bits per heavy atom. The van der Waals surface area contributed by atoms with Gasteiger partial charge < -0.3 is 9.80 Å². The van der Waals surface area contributed by atoms with Crippen molar-refractivity contribution in [1.82, 2.24) is 4.90 Å². The molecule has 1 heterocycles. The van der Waals surface area contributed by atoms with Gasteiger partial charge in [0.2, 0.25) is 0 Å². The van der Waals surface area contributed by atoms with Crippen LogP contribution < -0.4 is 4.90 Å². The Morgan fingerprint density at radius 1 is 1.32 bits per heavy atom. The second kappa shape index (κ2) is 6.07. The standard InChI is InChI=1S/C17H24N2/c1-5-19(15-10-12-18(4)13-11-15)17-9-7-6-8-16(17)14(2)3/h5-9,15H,1-2,10-13H2,3-4H3. The predicted molar refractivity (Wildman–Crippen MR) is 84.3 cm³/mol. The van der Waals surface area contributed by atoms with Crippen LogP contribution in [0.1, 0.15) is 25.3 Å². The molecule has 1 aromatic rings. The van der Waals surface area contributed by atoms with E-state index >= 15 is 0 Å². The van der Waals surface area contributed by atoms with E-state index in [4.69, 9.17) is 0 Å². The largest absolute Gasteiger partial charge is 0.345 e. The summed E-state index contributed by atoms with van der Waals surface area (Å²) in [4.78, 5) is 4.72. The molecule has 0 bridgehead atoms. The van der Waals surface area contributed by atoms with Crippen molar-refractivity contribution >= 4 is 11.3 Å². The fraction of sp³-hybridized carbons (Fsp3) is 0.412. The van der Waals surface area contributed by atoms with Crippen LogP contribution >= 0.6 is 0 Å². The van der Waals surface area contributed by atoms with E-state index in [9.17, 15) is 0 Å². The summed E-state index contributed by atoms with van der Waals surface area (Å²) in [7, 11) is 2.19. The van der Waals surface area contributed by atoms with Gasteiger partial charge >= 0.3 is 0 Å². The summed E-state index contributed by atoms with van der Waals surface area (Å²) < 4.78 is 0. The topological polar surface area (TPSA) is 6.48 Å². The highest BCUT2D eigenvalue weighted by atomic mass is 15.2. The molecule has 1 aliphatic rings. The maximum Gasteiger partial charge on any atom is 0.0484 e. The molecule has 1 fully saturated rings. The van der Waals surface area contributed by atoms with Crippen molar-refractivity contribution in [2.24, 2.45) is 0 Å². The Kier molecular flexibility index (Phi) is 4.43. The van der Waals surface area contributed by atoms with Crippen LogP contribution in [-0.2, 0) is 0 Å². The van der Waals surface area contributed by atoms with E-state index in [0.29, 0.717) is 6.04 Å². The maximum atomic E-state index is 4.09. The Balaban J connectivity index is 2.27. The number of para-hydroxylation sites is 1. The van der Waals surface area contributed by atoms with Gasteiger partial charge in [0.25, 0.3) is 0 Å². The zero-order chi connectivity index (χ0) is 13.8. The van der Waals surface area contributed by atoms with Crippen LogP contribution in [0.15, 0.2) is 43.6 Å². The van der Waals surface area contributed by atoms with Gasteiger partial charge in [-0.2, -0.15) is 0 Å². The lowest BCUT2D eigenvalue weighted by atomic mass is 10.00. The third-order valence-corrected chi connectivity index (χ3v) is 3.92. The molecule has 1 aliphatic heterocycles. The van der Waals surface area contributed by atoms with Crippen molar-refractivity contribution in [2.75, 3.05) is 25.0 Å². The van der Waals surface area contributed by atoms with E-state index in [0.717, 1.165) is 18.7 Å². The third-order valence-electron chi connectivity index (χ3n) is 3.92. The summed E-state index contributed by atoms with van der Waals surface area (Å²) in [5, 5.41) is 0. The van der Waals surface area contributed by atoms with E-state index in [-0.39, 0.29) is 0 Å². The quantitative estimate of drug-likeness (QED) is 0.809. The average Bonchev–Trinajstić information content (AvgIpc) is 2.42. The van der Waals surface area contributed by atoms with Gasteiger partial charge in [-0.15, -0.1) is 0 Å². The van der Waals surface area contributed by atoms with Gasteiger partial charge in [0.05, 0.1) is 0 Å². The third kappa shape index (κ3) is 3.07. The van der Waals surface area contributed by atoms with Crippen LogP contribution in [0.3, 0.4) is 0 Å². The number of rotatable bonds is 4. The van der Waals surface area contributed by atoms with Crippen LogP contribution in [0.4, 0.5) is 5.69 Å². The van der Waals surface area contributed by atoms with Gasteiger partial charge in [0.15, 0.2) is 0 Å². The van der Waals surface area contributed by atoms with E-state index in [1.807, 2.05) is 6.20 Å². The summed E-state index contributed by atoms with van der Waals surface area (Å²) in [6.45, 7) is 12.5. The molecule has 0 unspecified atom stereocenters. The van der Waals surface area contributed by atoms with E-state index in [1.165, 1.54) is 24.1 Å². The lowest BCUT2D eigenvalue weighted by molar-refractivity contribution is 0.255. The Bertz CT molecular complexity index is 456. The highest BCUT2D eigenvalue weighted by molar-refractivity contribution is 5.75. The first-order chi connectivity index (χ1) is 9.13. The van der Waals surface area contributed by atoms with Gasteiger partial charge in [-0.05, 0) is 57.7 Å². The van der Waals surface area contributed by atoms with Gasteiger partial charge in [-0.1, -0.05) is 31.4 Å². The molecule has 102 valence electrons. The molecule has 2 nitrogen and oxygen atoms in total. The molecule has 0 radical (unpaired) electrons. The highest BCUT2D eigenvalue weighted by Crippen LogP contribution is 2.30. The summed E-state index contributed by atoms with van der Waals surface area (Å²) in [5.74, 6) is 0. The molecule has 0 amide bonds. The molecule has 0 spiro atoms. The maximum absolute atomic E-state index is 4.09. The van der Waals surface area contributed by atoms with Crippen molar-refractivity contribution in [3.63, 3.8) is 0 Å². The molecule has 0 aliphatic carbocycles. The number of piperidine rings is 1. The molecule has 2 heteroatoms. The molecule has 0 N–H and O–H groups in total. The molecular formula is C17H24N2. The van der Waals surface area contributed by atoms with Crippen LogP contribution in [0.2, 0.25) is 0 Å². The molecule has 1 saturated heterocycles. The monoisotopic (exact) mass is 256 g/mol. The lowest BCUT2D eigenvalue weighted by Crippen LogP contribution is -2.41. The SMILES string of the molecule is C=CN(c1ccccc1C(=C)C)C1CCN(C)CC1. The first kappa shape index (κ1) is 13.9. The summed E-state index contributed by atoms with van der Waals surface area (Å²) in [5.41, 5.74) is 3.57. The Labute approximate surface area is 117 Å². The molecule has 0 atom stereocenters. The molecule has 19 heavy (non-hydrogen) atoms. The number of likely N-dealkylation sites (tertiary alicyclic amines) is 1. The normalized spacial score (nSPS) is 17.2. The van der Waals surface area contributed by atoms with Crippen LogP contribution in [0, 0.1) is 0 Å². The lowest BCUT2D eigenvalue weighted by Gasteiger charge is -2.37. The van der Waals surface area contributed by atoms with Gasteiger partial charge in [0, 0.05) is 17.3 Å². The number of nitrogens with zero attached hydrogens (tertiary/aromatic N) is 2. The first-order valence-corrected chi connectivity index (χ1v) is 6.98. The molecule has 0 saturated carbocycles. The van der Waals surface area contributed by atoms with E-state index < -0.39 is 0 Å². The minimum Gasteiger partial charge on any atom is -0.345 e. The molecule has 2 rings (SSSR count). The van der Waals surface area contributed by atoms with E-state index in [1.54, 1.807) is 0 Å². The molecule has 0 aromatic heterocycles. The first-order valence-electron chi connectivity index (χ1n) is 6.98. The van der Waals surface area contributed by atoms with Crippen LogP contribution in [-0.4, -0.2) is 31.1 Å². The van der Waals surface area contributed by atoms with Crippen LogP contribution in [0.5, 0.6) is 0 Å². The average molecular weight is 256 g/mol. The number of hydrogen-bond donors (Lipinski definition) is 0. The Hall–Kier alpha value is -1.54. The van der Waals surface area contributed by atoms with Gasteiger partial charge in [-0.3, -0.25) is 0 Å². The number of allylic oxidation sites excluding steroid dienone is 1. The van der Waals surface area contributed by atoms with Gasteiger partial charge in [-0.25, -0.2) is 0 Å². The van der Waals surface area contributed by atoms with Crippen molar-refractivity contribution in [1.29, 1.82) is 0 Å². The second-order valence-corrected chi connectivity index (χ2v) is 5.42. The van der Waals surface area contributed by atoms with Crippen molar-refractivity contribution in [3.8, 4) is 0 Å². The Morgan fingerprint density at radius 3 is 2.53 bits per heavy atom. The van der Waals surface area contributed by atoms with Crippen molar-refractivity contribution < 1.29 is 0 Å². The summed E-state index contributed by atoms with van der Waals surface area (Å²) in [6, 6.07) is 9.03. The van der Waals surface area contributed by atoms with E-state index in [2.05, 4.69) is 61.2 Å². The minimum absolute atomic E-state index is 0.550. The zero-order valence-electron chi connectivity index (χ0n) is 12.1. The fourth-order valence-corrected chi connectivity index (χ4v) is 2.78. The van der Waals surface area contributed by atoms with Crippen molar-refractivity contribution in [2.45, 2.75) is 25.8 Å². The number of hydrogen-bond acceptors (Lipinski definition) is 2. The number of anilines is 1. The predicted octanol–water partition coefficient (Wildman–Crippen LogP) is 3.76. The summed E-state index contributed by atoms with van der Waals surface area (Å²) in [6.07, 6.45) is 4.35. The highest BCUT2D eigenvalue weighted by Gasteiger charge is 2.23. The molecular weight excluding hydrogens is 232 g/mol.